The summed E-state index contributed by atoms with van der Waals surface area (Å²) in [5.74, 6) is -1.44. The molecule has 0 aromatic carbocycles. The zero-order valence-corrected chi connectivity index (χ0v) is 20.5. The Morgan fingerprint density at radius 3 is 1.25 bits per heavy atom. The van der Waals surface area contributed by atoms with Gasteiger partial charge in [-0.25, -0.2) is 0 Å². The van der Waals surface area contributed by atoms with Crippen molar-refractivity contribution in [2.75, 3.05) is 0 Å². The Bertz CT molecular complexity index is 215. The molecule has 76 valence electrons. The third-order valence-electron chi connectivity index (χ3n) is 0.341. The minimum absolute atomic E-state index is 0. The van der Waals surface area contributed by atoms with Gasteiger partial charge in [-0.05, 0) is 6.92 Å². The molecular weight excluding hydrogens is 324 g/mol. The third-order valence-corrected chi connectivity index (χ3v) is 0.341. The van der Waals surface area contributed by atoms with Gasteiger partial charge in [-0.3, -0.25) is 8.42 Å². The van der Waals surface area contributed by atoms with Gasteiger partial charge in [0, 0.05) is 10.4 Å². The number of carbonyl (C=O) groups is 1. The van der Waals surface area contributed by atoms with Crippen LogP contribution in [0.3, 0.4) is 0 Å². The Balaban J connectivity index is -0.0000000155. The maximum Gasteiger partial charge on any atom is 1.00 e. The topological polar surface area (TPSA) is 141 Å². The normalized spacial score (nSPS) is 8.75. The molecule has 13 heteroatoms. The van der Waals surface area contributed by atoms with Gasteiger partial charge in [0.1, 0.15) is 0 Å². The number of carbonyl (C=O) groups excluding carboxylic acids is 1. The summed E-state index contributed by atoms with van der Waals surface area (Å²) in [5.41, 5.74) is 0. The van der Waals surface area contributed by atoms with Gasteiger partial charge in [0.05, 0.1) is 12.1 Å². The van der Waals surface area contributed by atoms with Crippen molar-refractivity contribution < 1.29 is 185 Å². The van der Waals surface area contributed by atoms with Gasteiger partial charge < -0.3 is 36.5 Å². The van der Waals surface area contributed by atoms with E-state index in [-0.39, 0.29) is 152 Å². The van der Waals surface area contributed by atoms with E-state index in [2.05, 4.69) is 0 Å². The molecular formula is C3H5ClKNa3O7S. The van der Waals surface area contributed by atoms with E-state index in [0.29, 0.717) is 0 Å². The number of rotatable bonds is 1. The summed E-state index contributed by atoms with van der Waals surface area (Å²) >= 11 is 0. The van der Waals surface area contributed by atoms with Crippen molar-refractivity contribution in [3.8, 4) is 0 Å². The van der Waals surface area contributed by atoms with Gasteiger partial charge in [0.25, 0.3) is 0 Å². The number of aliphatic carboxylic acids is 1. The molecule has 0 heterocycles. The fourth-order valence-corrected chi connectivity index (χ4v) is 0. The van der Waals surface area contributed by atoms with Crippen LogP contribution in [-0.2, 0) is 15.2 Å². The second-order valence-corrected chi connectivity index (χ2v) is 2.22. The Kier molecular flexibility index (Phi) is 64.8. The quantitative estimate of drug-likeness (QED) is 0.286. The summed E-state index contributed by atoms with van der Waals surface area (Å²) in [5, 5.41) is 17.3. The monoisotopic (exact) mass is 328 g/mol. The summed E-state index contributed by atoms with van der Waals surface area (Å²) in [7, 11) is -5.17. The summed E-state index contributed by atoms with van der Waals surface area (Å²) in [6, 6.07) is 0. The average Bonchev–Trinajstić information content (AvgIpc) is 1.59. The van der Waals surface area contributed by atoms with E-state index >= 15 is 0 Å². The molecule has 0 aromatic heterocycles. The molecule has 0 aromatic rings. The van der Waals surface area contributed by atoms with Crippen LogP contribution in [0, 0.1) is 0 Å². The van der Waals surface area contributed by atoms with Gasteiger partial charge in [-0.1, -0.05) is 0 Å². The first-order chi connectivity index (χ1) is 4.64. The van der Waals surface area contributed by atoms with Gasteiger partial charge in [0.2, 0.25) is 0 Å². The van der Waals surface area contributed by atoms with E-state index in [1.165, 1.54) is 0 Å². The van der Waals surface area contributed by atoms with E-state index < -0.39 is 22.5 Å². The van der Waals surface area contributed by atoms with Crippen LogP contribution in [0.2, 0.25) is 0 Å². The van der Waals surface area contributed by atoms with Crippen LogP contribution in [0.4, 0.5) is 0 Å². The van der Waals surface area contributed by atoms with E-state index in [1.54, 1.807) is 0 Å². The molecule has 0 aliphatic rings. The van der Waals surface area contributed by atoms with E-state index in [0.717, 1.165) is 6.92 Å². The number of halogens is 1. The Labute approximate surface area is 209 Å². The number of hydrogen-bond acceptors (Lipinski definition) is 7. The first-order valence-corrected chi connectivity index (χ1v) is 3.53. The standard InChI is InChI=1S/C3H6O3.ClH.K.3Na.H2O4S/c1-2(4)3(5)6;;;;;;1-5(2,3)4/h2,4H,1H3,(H,5,6);1H;;;;;(H2,1,2,3,4)/q;;4*+1;/p-4. The van der Waals surface area contributed by atoms with Crippen molar-refractivity contribution in [3.05, 3.63) is 0 Å². The Morgan fingerprint density at radius 1 is 1.19 bits per heavy atom. The first-order valence-electron chi connectivity index (χ1n) is 2.20. The molecule has 0 radical (unpaired) electrons. The van der Waals surface area contributed by atoms with Crippen molar-refractivity contribution >= 4 is 16.4 Å². The summed E-state index contributed by atoms with van der Waals surface area (Å²) < 4.78 is 34.1. The molecule has 0 aliphatic heterocycles. The molecule has 0 rings (SSSR count). The van der Waals surface area contributed by atoms with Crippen LogP contribution in [0.25, 0.3) is 0 Å². The fourth-order valence-electron chi connectivity index (χ4n) is 0. The van der Waals surface area contributed by atoms with Crippen molar-refractivity contribution in [3.63, 3.8) is 0 Å². The summed E-state index contributed by atoms with van der Waals surface area (Å²) in [4.78, 5) is 9.34. The van der Waals surface area contributed by atoms with Crippen LogP contribution in [0.5, 0.6) is 0 Å². The van der Waals surface area contributed by atoms with Crippen molar-refractivity contribution in [2.45, 2.75) is 13.0 Å². The van der Waals surface area contributed by atoms with Gasteiger partial charge in [-0.15, -0.1) is 0 Å². The largest absolute Gasteiger partial charge is 1.00 e. The summed E-state index contributed by atoms with van der Waals surface area (Å²) in [6.07, 6.45) is -1.34. The van der Waals surface area contributed by atoms with E-state index in [1.807, 2.05) is 0 Å². The van der Waals surface area contributed by atoms with Crippen LogP contribution in [0.1, 0.15) is 6.92 Å². The smallest absolute Gasteiger partial charge is 1.00 e. The number of aliphatic hydroxyl groups is 1. The molecule has 16 heavy (non-hydrogen) atoms. The van der Waals surface area contributed by atoms with E-state index in [4.69, 9.17) is 22.6 Å². The van der Waals surface area contributed by atoms with Crippen LogP contribution >= 0.6 is 0 Å². The minimum Gasteiger partial charge on any atom is -1.00 e. The molecule has 7 nitrogen and oxygen atoms in total. The predicted octanol–water partition coefficient (Wildman–Crippen LogP) is -18.2. The molecule has 0 bridgehead atoms. The van der Waals surface area contributed by atoms with Crippen LogP contribution in [0.15, 0.2) is 0 Å². The number of aliphatic hydroxyl groups excluding tert-OH is 1. The zero-order valence-electron chi connectivity index (χ0n) is 9.76. The first kappa shape index (κ1) is 42.7. The number of hydrogen-bond donors (Lipinski definition) is 1. The van der Waals surface area contributed by atoms with Crippen LogP contribution in [-0.4, -0.2) is 34.7 Å². The van der Waals surface area contributed by atoms with Gasteiger partial charge in [-0.2, -0.15) is 0 Å². The second kappa shape index (κ2) is 24.3. The maximum absolute atomic E-state index is 9.34. The van der Waals surface area contributed by atoms with Gasteiger partial charge >= 0.3 is 140 Å². The predicted molar refractivity (Wildman–Crippen MR) is 27.2 cm³/mol. The fraction of sp³-hybridized carbons (Fsp3) is 0.667. The molecule has 1 N–H and O–H groups in total. The van der Waals surface area contributed by atoms with Gasteiger partial charge in [0.15, 0.2) is 0 Å². The molecule has 0 saturated carbocycles. The van der Waals surface area contributed by atoms with Crippen molar-refractivity contribution in [1.82, 2.24) is 0 Å². The molecule has 0 saturated heterocycles. The van der Waals surface area contributed by atoms with Crippen molar-refractivity contribution in [1.29, 1.82) is 0 Å². The molecule has 0 spiro atoms. The number of carboxylic acid groups (broad SMARTS) is 1. The Hall–Kier alpha value is 4.23. The van der Waals surface area contributed by atoms with Crippen LogP contribution < -0.4 is 158 Å². The molecule has 1 unspecified atom stereocenters. The zero-order chi connectivity index (χ0) is 9.65. The molecule has 0 aliphatic carbocycles. The van der Waals surface area contributed by atoms with E-state index in [9.17, 15) is 9.90 Å². The Morgan fingerprint density at radius 2 is 1.25 bits per heavy atom. The summed E-state index contributed by atoms with van der Waals surface area (Å²) in [6.45, 7) is 1.13. The average molecular weight is 329 g/mol. The third kappa shape index (κ3) is 79.9. The second-order valence-electron chi connectivity index (χ2n) is 1.40. The number of carboxylic acids is 1. The molecule has 0 amide bonds. The molecule has 1 atom stereocenters. The SMILES string of the molecule is CC(O)C(=O)[O-].O=S(=O)([O-])[O-].[Cl-].[K+].[Na+].[Na+].[Na+]. The maximum atomic E-state index is 9.34. The minimum atomic E-state index is -5.17. The molecule has 0 fully saturated rings. The van der Waals surface area contributed by atoms with Crippen molar-refractivity contribution in [2.24, 2.45) is 0 Å².